The fourth-order valence-electron chi connectivity index (χ4n) is 2.58. The van der Waals surface area contributed by atoms with E-state index in [0.717, 1.165) is 19.8 Å². The second kappa shape index (κ2) is 22.8. The number of unbranched alkanes of at least 4 members (excludes halogenated alkanes) is 10. The Hall–Kier alpha value is -0.160. The fraction of sp³-hybridized carbons (Fsp3) is 1.00. The van der Waals surface area contributed by atoms with E-state index in [0.29, 0.717) is 26.4 Å². The van der Waals surface area contributed by atoms with Crippen molar-refractivity contribution in [2.24, 2.45) is 0 Å². The molecule has 0 saturated heterocycles. The summed E-state index contributed by atoms with van der Waals surface area (Å²) in [5.74, 6) is 0. The first-order chi connectivity index (χ1) is 11.9. The Morgan fingerprint density at radius 3 is 1.42 bits per heavy atom. The van der Waals surface area contributed by atoms with Crippen LogP contribution in [0.1, 0.15) is 77.6 Å². The van der Waals surface area contributed by atoms with Crippen molar-refractivity contribution in [2.45, 2.75) is 77.6 Å². The van der Waals surface area contributed by atoms with Gasteiger partial charge in [0.2, 0.25) is 0 Å². The van der Waals surface area contributed by atoms with Gasteiger partial charge >= 0.3 is 0 Å². The summed E-state index contributed by atoms with van der Waals surface area (Å²) in [5.41, 5.74) is 0. The summed E-state index contributed by atoms with van der Waals surface area (Å²) in [6, 6.07) is 0. The minimum Gasteiger partial charge on any atom is -0.379 e. The summed E-state index contributed by atoms with van der Waals surface area (Å²) < 4.78 is 16.4. The lowest BCUT2D eigenvalue weighted by Crippen LogP contribution is -2.16. The zero-order valence-corrected chi connectivity index (χ0v) is 16.5. The summed E-state index contributed by atoms with van der Waals surface area (Å²) in [7, 11) is 1.92. The van der Waals surface area contributed by atoms with E-state index in [1.807, 2.05) is 7.05 Å². The van der Waals surface area contributed by atoms with E-state index in [1.165, 1.54) is 70.6 Å². The van der Waals surface area contributed by atoms with Gasteiger partial charge < -0.3 is 19.5 Å². The highest BCUT2D eigenvalue weighted by molar-refractivity contribution is 4.48. The van der Waals surface area contributed by atoms with Gasteiger partial charge in [0.05, 0.1) is 33.0 Å². The predicted octanol–water partition coefficient (Wildman–Crippen LogP) is 4.57. The van der Waals surface area contributed by atoms with Crippen LogP contribution >= 0.6 is 0 Å². The summed E-state index contributed by atoms with van der Waals surface area (Å²) in [4.78, 5) is 0. The Bertz CT molecular complexity index is 193. The third kappa shape index (κ3) is 21.8. The number of rotatable bonds is 21. The molecule has 0 aliphatic heterocycles. The Morgan fingerprint density at radius 2 is 0.917 bits per heavy atom. The lowest BCUT2D eigenvalue weighted by molar-refractivity contribution is 0.0146. The van der Waals surface area contributed by atoms with Crippen LogP contribution in [0.15, 0.2) is 0 Å². The first-order valence-corrected chi connectivity index (χ1v) is 10.3. The molecule has 0 aromatic heterocycles. The first-order valence-electron chi connectivity index (χ1n) is 10.3. The van der Waals surface area contributed by atoms with Crippen molar-refractivity contribution in [2.75, 3.05) is 53.2 Å². The van der Waals surface area contributed by atoms with Crippen molar-refractivity contribution < 1.29 is 14.2 Å². The second-order valence-electron chi connectivity index (χ2n) is 6.48. The maximum Gasteiger partial charge on any atom is 0.0701 e. The van der Waals surface area contributed by atoms with E-state index in [1.54, 1.807) is 0 Å². The molecule has 0 aliphatic carbocycles. The van der Waals surface area contributed by atoms with E-state index in [-0.39, 0.29) is 0 Å². The molecule has 24 heavy (non-hydrogen) atoms. The molecule has 0 amide bonds. The largest absolute Gasteiger partial charge is 0.379 e. The molecule has 0 saturated carbocycles. The Balaban J connectivity index is 2.93. The van der Waals surface area contributed by atoms with Gasteiger partial charge in [-0.1, -0.05) is 71.1 Å². The van der Waals surface area contributed by atoms with Gasteiger partial charge in [-0.15, -0.1) is 0 Å². The molecule has 146 valence electrons. The van der Waals surface area contributed by atoms with E-state index in [2.05, 4.69) is 12.2 Å². The van der Waals surface area contributed by atoms with Crippen LogP contribution in [0, 0.1) is 0 Å². The molecule has 0 fully saturated rings. The summed E-state index contributed by atoms with van der Waals surface area (Å²) >= 11 is 0. The standard InChI is InChI=1S/C20H43NO3/c1-3-4-5-6-7-8-9-10-11-12-13-15-22-17-19-24-20-18-23-16-14-21-2/h21H,3-20H2,1-2H3. The van der Waals surface area contributed by atoms with Crippen LogP contribution in [-0.2, 0) is 14.2 Å². The van der Waals surface area contributed by atoms with Crippen LogP contribution in [0.3, 0.4) is 0 Å². The quantitative estimate of drug-likeness (QED) is 0.309. The van der Waals surface area contributed by atoms with Crippen molar-refractivity contribution in [1.29, 1.82) is 0 Å². The fourth-order valence-corrected chi connectivity index (χ4v) is 2.58. The van der Waals surface area contributed by atoms with Crippen molar-refractivity contribution in [3.05, 3.63) is 0 Å². The minimum atomic E-state index is 0.658. The highest BCUT2D eigenvalue weighted by Crippen LogP contribution is 2.11. The number of hydrogen-bond acceptors (Lipinski definition) is 4. The van der Waals surface area contributed by atoms with E-state index in [4.69, 9.17) is 14.2 Å². The molecule has 4 heteroatoms. The van der Waals surface area contributed by atoms with Gasteiger partial charge in [-0.05, 0) is 13.5 Å². The van der Waals surface area contributed by atoms with Gasteiger partial charge in [0, 0.05) is 13.2 Å². The first kappa shape index (κ1) is 23.8. The van der Waals surface area contributed by atoms with Gasteiger partial charge in [-0.25, -0.2) is 0 Å². The third-order valence-corrected chi connectivity index (χ3v) is 4.13. The second-order valence-corrected chi connectivity index (χ2v) is 6.48. The summed E-state index contributed by atoms with van der Waals surface area (Å²) in [6.07, 6.45) is 15.1. The summed E-state index contributed by atoms with van der Waals surface area (Å²) in [5, 5.41) is 3.04. The Labute approximate surface area is 151 Å². The van der Waals surface area contributed by atoms with Crippen LogP contribution in [0.4, 0.5) is 0 Å². The van der Waals surface area contributed by atoms with Gasteiger partial charge in [-0.2, -0.15) is 0 Å². The zero-order valence-electron chi connectivity index (χ0n) is 16.5. The molecule has 0 atom stereocenters. The third-order valence-electron chi connectivity index (χ3n) is 4.13. The molecule has 0 aliphatic rings. The molecule has 0 aromatic rings. The molecule has 0 radical (unpaired) electrons. The van der Waals surface area contributed by atoms with Crippen LogP contribution in [0.25, 0.3) is 0 Å². The molecule has 4 nitrogen and oxygen atoms in total. The topological polar surface area (TPSA) is 39.7 Å². The molecular weight excluding hydrogens is 302 g/mol. The van der Waals surface area contributed by atoms with Gasteiger partial charge in [0.1, 0.15) is 0 Å². The molecule has 0 aromatic carbocycles. The Kier molecular flexibility index (Phi) is 22.7. The average Bonchev–Trinajstić information content (AvgIpc) is 2.60. The van der Waals surface area contributed by atoms with Gasteiger partial charge in [-0.3, -0.25) is 0 Å². The van der Waals surface area contributed by atoms with E-state index < -0.39 is 0 Å². The van der Waals surface area contributed by atoms with Crippen LogP contribution in [-0.4, -0.2) is 53.2 Å². The molecule has 0 bridgehead atoms. The number of nitrogens with one attached hydrogen (secondary N) is 1. The average molecular weight is 346 g/mol. The lowest BCUT2D eigenvalue weighted by Gasteiger charge is -2.07. The predicted molar refractivity (Wildman–Crippen MR) is 103 cm³/mol. The normalized spacial score (nSPS) is 11.2. The van der Waals surface area contributed by atoms with Crippen LogP contribution < -0.4 is 5.32 Å². The number of hydrogen-bond donors (Lipinski definition) is 1. The minimum absolute atomic E-state index is 0.658. The molecular formula is C20H43NO3. The molecule has 0 rings (SSSR count). The van der Waals surface area contributed by atoms with Crippen molar-refractivity contribution in [1.82, 2.24) is 5.32 Å². The van der Waals surface area contributed by atoms with Crippen molar-refractivity contribution in [3.8, 4) is 0 Å². The zero-order chi connectivity index (χ0) is 17.6. The highest BCUT2D eigenvalue weighted by Gasteiger charge is 1.94. The molecule has 1 N–H and O–H groups in total. The number of likely N-dealkylation sites (N-methyl/N-ethyl adjacent to an activating group) is 1. The maximum atomic E-state index is 5.59. The van der Waals surface area contributed by atoms with Gasteiger partial charge in [0.25, 0.3) is 0 Å². The summed E-state index contributed by atoms with van der Waals surface area (Å²) in [6.45, 7) is 7.49. The molecule has 0 unspecified atom stereocenters. The van der Waals surface area contributed by atoms with Crippen molar-refractivity contribution in [3.63, 3.8) is 0 Å². The van der Waals surface area contributed by atoms with Crippen LogP contribution in [0.5, 0.6) is 0 Å². The number of ether oxygens (including phenoxy) is 3. The Morgan fingerprint density at radius 1 is 0.500 bits per heavy atom. The monoisotopic (exact) mass is 345 g/mol. The maximum absolute atomic E-state index is 5.59. The highest BCUT2D eigenvalue weighted by atomic mass is 16.5. The van der Waals surface area contributed by atoms with E-state index in [9.17, 15) is 0 Å². The van der Waals surface area contributed by atoms with Gasteiger partial charge in [0.15, 0.2) is 0 Å². The SMILES string of the molecule is CCCCCCCCCCCCCOCCOCCOCCNC. The van der Waals surface area contributed by atoms with E-state index >= 15 is 0 Å². The smallest absolute Gasteiger partial charge is 0.0701 e. The molecule has 0 spiro atoms. The van der Waals surface area contributed by atoms with Crippen molar-refractivity contribution >= 4 is 0 Å². The lowest BCUT2D eigenvalue weighted by atomic mass is 10.1. The molecule has 0 heterocycles. The van der Waals surface area contributed by atoms with Crippen LogP contribution in [0.2, 0.25) is 0 Å².